The van der Waals surface area contributed by atoms with Gasteiger partial charge in [-0.15, -0.1) is 0 Å². The molecule has 1 unspecified atom stereocenters. The maximum absolute atomic E-state index is 12.7. The topological polar surface area (TPSA) is 53.2 Å². The lowest BCUT2D eigenvalue weighted by molar-refractivity contribution is -0.00699. The van der Waals surface area contributed by atoms with Gasteiger partial charge >= 0.3 is 0 Å². The molecule has 0 aliphatic heterocycles. The Balaban J connectivity index is 2.69. The summed E-state index contributed by atoms with van der Waals surface area (Å²) in [4.78, 5) is 0. The lowest BCUT2D eigenvalue weighted by atomic mass is 9.98. The van der Waals surface area contributed by atoms with Gasteiger partial charge in [0, 0.05) is 6.42 Å². The number of benzene rings is 1. The monoisotopic (exact) mass is 223 g/mol. The molecule has 0 bridgehead atoms. The molecule has 1 atom stereocenters. The minimum absolute atomic E-state index is 0.116. The average Bonchev–Trinajstić information content (AvgIpc) is 2.30. The minimum Gasteiger partial charge on any atom is -0.394 e. The van der Waals surface area contributed by atoms with Gasteiger partial charge in [0.05, 0.1) is 19.3 Å². The second-order valence-corrected chi connectivity index (χ2v) is 3.72. The fourth-order valence-electron chi connectivity index (χ4n) is 1.39. The molecule has 86 valence electrons. The van der Waals surface area contributed by atoms with E-state index >= 15 is 0 Å². The summed E-state index contributed by atoms with van der Waals surface area (Å²) in [7, 11) is 0. The zero-order chi connectivity index (χ0) is 12.0. The zero-order valence-corrected chi connectivity index (χ0v) is 9.11. The maximum atomic E-state index is 12.7. The van der Waals surface area contributed by atoms with Crippen LogP contribution in [0.5, 0.6) is 0 Å². The number of aliphatic hydroxyl groups excluding tert-OH is 1. The normalized spacial score (nSPS) is 14.1. The highest BCUT2D eigenvalue weighted by atomic mass is 19.1. The van der Waals surface area contributed by atoms with Gasteiger partial charge in [0.15, 0.2) is 5.60 Å². The summed E-state index contributed by atoms with van der Waals surface area (Å²) < 4.78 is 17.9. The summed E-state index contributed by atoms with van der Waals surface area (Å²) in [6.45, 7) is 1.64. The number of halogens is 1. The van der Waals surface area contributed by atoms with Crippen LogP contribution in [0.4, 0.5) is 4.39 Å². The first kappa shape index (κ1) is 12.6. The van der Waals surface area contributed by atoms with Gasteiger partial charge in [0.2, 0.25) is 0 Å². The molecule has 1 rings (SSSR count). The SMILES string of the molecule is CC(C#N)(Cc1ccc(F)cc1)OCCO. The maximum Gasteiger partial charge on any atom is 0.155 e. The van der Waals surface area contributed by atoms with E-state index in [1.54, 1.807) is 19.1 Å². The number of aliphatic hydroxyl groups is 1. The van der Waals surface area contributed by atoms with E-state index in [1.165, 1.54) is 12.1 Å². The van der Waals surface area contributed by atoms with Crippen LogP contribution in [-0.2, 0) is 11.2 Å². The molecule has 0 aliphatic carbocycles. The van der Waals surface area contributed by atoms with E-state index in [-0.39, 0.29) is 19.0 Å². The summed E-state index contributed by atoms with van der Waals surface area (Å²) in [5.41, 5.74) is -0.163. The van der Waals surface area contributed by atoms with Gasteiger partial charge in [-0.25, -0.2) is 4.39 Å². The largest absolute Gasteiger partial charge is 0.394 e. The molecule has 1 aromatic carbocycles. The minimum atomic E-state index is -0.986. The van der Waals surface area contributed by atoms with E-state index in [0.717, 1.165) is 5.56 Å². The van der Waals surface area contributed by atoms with Crippen LogP contribution in [0.25, 0.3) is 0 Å². The lowest BCUT2D eigenvalue weighted by Gasteiger charge is -2.21. The molecular formula is C12H14FNO2. The smallest absolute Gasteiger partial charge is 0.155 e. The van der Waals surface area contributed by atoms with Crippen molar-refractivity contribution in [3.05, 3.63) is 35.6 Å². The Labute approximate surface area is 94.1 Å². The molecule has 16 heavy (non-hydrogen) atoms. The Morgan fingerprint density at radius 1 is 1.44 bits per heavy atom. The van der Waals surface area contributed by atoms with Gasteiger partial charge in [0.1, 0.15) is 5.82 Å². The third-order valence-electron chi connectivity index (χ3n) is 2.20. The van der Waals surface area contributed by atoms with Crippen molar-refractivity contribution in [1.29, 1.82) is 5.26 Å². The molecule has 0 aliphatic rings. The number of hydrogen-bond donors (Lipinski definition) is 1. The number of rotatable bonds is 5. The van der Waals surface area contributed by atoms with Crippen LogP contribution >= 0.6 is 0 Å². The van der Waals surface area contributed by atoms with E-state index in [2.05, 4.69) is 0 Å². The predicted octanol–water partition coefficient (Wildman–Crippen LogP) is 1.66. The van der Waals surface area contributed by atoms with Crippen molar-refractivity contribution < 1.29 is 14.2 Å². The Morgan fingerprint density at radius 2 is 2.06 bits per heavy atom. The van der Waals surface area contributed by atoms with Crippen LogP contribution in [-0.4, -0.2) is 23.9 Å². The molecule has 0 aromatic heterocycles. The van der Waals surface area contributed by atoms with Crippen LogP contribution in [0.2, 0.25) is 0 Å². The van der Waals surface area contributed by atoms with Gasteiger partial charge in [0.25, 0.3) is 0 Å². The second-order valence-electron chi connectivity index (χ2n) is 3.72. The molecule has 0 radical (unpaired) electrons. The van der Waals surface area contributed by atoms with Gasteiger partial charge in [-0.3, -0.25) is 0 Å². The molecule has 0 spiro atoms. The van der Waals surface area contributed by atoms with E-state index in [0.29, 0.717) is 6.42 Å². The molecule has 1 N–H and O–H groups in total. The first-order valence-electron chi connectivity index (χ1n) is 5.00. The van der Waals surface area contributed by atoms with E-state index in [1.807, 2.05) is 6.07 Å². The molecule has 0 saturated carbocycles. The number of nitrogens with zero attached hydrogens (tertiary/aromatic N) is 1. The first-order chi connectivity index (χ1) is 7.59. The highest BCUT2D eigenvalue weighted by Crippen LogP contribution is 2.17. The Hall–Kier alpha value is -1.44. The summed E-state index contributed by atoms with van der Waals surface area (Å²) in [5, 5.41) is 17.6. The highest BCUT2D eigenvalue weighted by Gasteiger charge is 2.24. The number of ether oxygens (including phenoxy) is 1. The van der Waals surface area contributed by atoms with Crippen LogP contribution in [0.3, 0.4) is 0 Å². The van der Waals surface area contributed by atoms with Gasteiger partial charge in [-0.2, -0.15) is 5.26 Å². The molecule has 1 aromatic rings. The molecule has 3 nitrogen and oxygen atoms in total. The number of hydrogen-bond acceptors (Lipinski definition) is 3. The molecule has 0 saturated heterocycles. The summed E-state index contributed by atoms with van der Waals surface area (Å²) in [6.07, 6.45) is 0.365. The van der Waals surface area contributed by atoms with Crippen molar-refractivity contribution in [2.75, 3.05) is 13.2 Å². The molecule has 0 heterocycles. The fraction of sp³-hybridized carbons (Fsp3) is 0.417. The van der Waals surface area contributed by atoms with Crippen molar-refractivity contribution in [3.8, 4) is 6.07 Å². The lowest BCUT2D eigenvalue weighted by Crippen LogP contribution is -2.30. The standard InChI is InChI=1S/C12H14FNO2/c1-12(9-14,16-7-6-15)8-10-2-4-11(13)5-3-10/h2-5,15H,6-8H2,1H3. The van der Waals surface area contributed by atoms with Crippen molar-refractivity contribution >= 4 is 0 Å². The highest BCUT2D eigenvalue weighted by molar-refractivity contribution is 5.20. The van der Waals surface area contributed by atoms with E-state index in [4.69, 9.17) is 15.1 Å². The van der Waals surface area contributed by atoms with Gasteiger partial charge in [-0.05, 0) is 24.6 Å². The molecule has 4 heteroatoms. The quantitative estimate of drug-likeness (QED) is 0.825. The molecule has 0 amide bonds. The van der Waals surface area contributed by atoms with Crippen molar-refractivity contribution in [1.82, 2.24) is 0 Å². The van der Waals surface area contributed by atoms with Gasteiger partial charge in [-0.1, -0.05) is 12.1 Å². The third kappa shape index (κ3) is 3.61. The molecule has 0 fully saturated rings. The zero-order valence-electron chi connectivity index (χ0n) is 9.11. The first-order valence-corrected chi connectivity index (χ1v) is 5.00. The van der Waals surface area contributed by atoms with Crippen molar-refractivity contribution in [2.45, 2.75) is 18.9 Å². The summed E-state index contributed by atoms with van der Waals surface area (Å²) >= 11 is 0. The van der Waals surface area contributed by atoms with Gasteiger partial charge < -0.3 is 9.84 Å². The second kappa shape index (κ2) is 5.59. The van der Waals surface area contributed by atoms with E-state index < -0.39 is 5.60 Å². The summed E-state index contributed by atoms with van der Waals surface area (Å²) in [6, 6.07) is 7.98. The van der Waals surface area contributed by atoms with Crippen LogP contribution in [0, 0.1) is 17.1 Å². The Kier molecular flexibility index (Phi) is 4.41. The number of nitriles is 1. The van der Waals surface area contributed by atoms with E-state index in [9.17, 15) is 4.39 Å². The Bertz CT molecular complexity index is 372. The van der Waals surface area contributed by atoms with Crippen LogP contribution < -0.4 is 0 Å². The third-order valence-corrected chi connectivity index (χ3v) is 2.20. The van der Waals surface area contributed by atoms with Crippen molar-refractivity contribution in [2.24, 2.45) is 0 Å². The van der Waals surface area contributed by atoms with Crippen molar-refractivity contribution in [3.63, 3.8) is 0 Å². The predicted molar refractivity (Wildman–Crippen MR) is 57.2 cm³/mol. The fourth-order valence-corrected chi connectivity index (χ4v) is 1.39. The molecular weight excluding hydrogens is 209 g/mol. The van der Waals surface area contributed by atoms with Crippen LogP contribution in [0.15, 0.2) is 24.3 Å². The average molecular weight is 223 g/mol. The van der Waals surface area contributed by atoms with Crippen LogP contribution in [0.1, 0.15) is 12.5 Å². The summed E-state index contributed by atoms with van der Waals surface area (Å²) in [5.74, 6) is -0.307. The Morgan fingerprint density at radius 3 is 2.56 bits per heavy atom.